The van der Waals surface area contributed by atoms with E-state index < -0.39 is 17.8 Å². The average Bonchev–Trinajstić information content (AvgIpc) is 2.18. The quantitative estimate of drug-likeness (QED) is 0.829. The Morgan fingerprint density at radius 3 is 2.60 bits per heavy atom. The van der Waals surface area contributed by atoms with E-state index in [1.807, 2.05) is 0 Å². The molecule has 1 aromatic rings. The van der Waals surface area contributed by atoms with Crippen molar-refractivity contribution in [2.75, 3.05) is 11.9 Å². The van der Waals surface area contributed by atoms with Crippen molar-refractivity contribution in [2.24, 2.45) is 0 Å². The summed E-state index contributed by atoms with van der Waals surface area (Å²) in [4.78, 5) is 12.3. The van der Waals surface area contributed by atoms with Gasteiger partial charge in [0, 0.05) is 7.05 Å². The Hall–Kier alpha value is -1.58. The lowest BCUT2D eigenvalue weighted by Gasteiger charge is -2.26. The van der Waals surface area contributed by atoms with E-state index in [1.54, 1.807) is 32.2 Å². The number of hydrogen-bond donors (Lipinski definition) is 1. The highest BCUT2D eigenvalue weighted by Gasteiger charge is 2.22. The molecule has 0 saturated carbocycles. The monoisotopic (exact) mass is 211 g/mol. The minimum atomic E-state index is -0.941. The third-order valence-electron chi connectivity index (χ3n) is 2.37. The number of para-hydroxylation sites is 1. The van der Waals surface area contributed by atoms with Crippen LogP contribution in [0.5, 0.6) is 0 Å². The van der Waals surface area contributed by atoms with Crippen LogP contribution in [0.2, 0.25) is 0 Å². The van der Waals surface area contributed by atoms with E-state index >= 15 is 0 Å². The molecule has 0 spiro atoms. The van der Waals surface area contributed by atoms with Gasteiger partial charge >= 0.3 is 5.97 Å². The molecule has 1 atom stereocenters. The highest BCUT2D eigenvalue weighted by molar-refractivity contribution is 5.78. The van der Waals surface area contributed by atoms with E-state index in [0.717, 1.165) is 0 Å². The van der Waals surface area contributed by atoms with Crippen LogP contribution in [0.3, 0.4) is 0 Å². The Morgan fingerprint density at radius 2 is 2.13 bits per heavy atom. The summed E-state index contributed by atoms with van der Waals surface area (Å²) in [6.07, 6.45) is 0.431. The number of carboxylic acids is 1. The van der Waals surface area contributed by atoms with Crippen molar-refractivity contribution in [3.05, 3.63) is 30.1 Å². The molecule has 82 valence electrons. The smallest absolute Gasteiger partial charge is 0.326 e. The molecule has 1 rings (SSSR count). The van der Waals surface area contributed by atoms with Gasteiger partial charge in [0.25, 0.3) is 0 Å². The van der Waals surface area contributed by atoms with Gasteiger partial charge in [-0.25, -0.2) is 9.18 Å². The summed E-state index contributed by atoms with van der Waals surface area (Å²) in [5.41, 5.74) is 0.312. The van der Waals surface area contributed by atoms with E-state index in [4.69, 9.17) is 5.11 Å². The fourth-order valence-corrected chi connectivity index (χ4v) is 1.52. The zero-order chi connectivity index (χ0) is 11.4. The molecule has 3 nitrogen and oxygen atoms in total. The van der Waals surface area contributed by atoms with Gasteiger partial charge in [-0.3, -0.25) is 0 Å². The summed E-state index contributed by atoms with van der Waals surface area (Å²) in [6.45, 7) is 1.76. The van der Waals surface area contributed by atoms with Crippen LogP contribution >= 0.6 is 0 Å². The van der Waals surface area contributed by atoms with Gasteiger partial charge in [0.1, 0.15) is 11.9 Å². The molecule has 0 fully saturated rings. The molecule has 0 heterocycles. The second-order valence-corrected chi connectivity index (χ2v) is 3.32. The first-order valence-corrected chi connectivity index (χ1v) is 4.78. The summed E-state index contributed by atoms with van der Waals surface area (Å²) >= 11 is 0. The van der Waals surface area contributed by atoms with Crippen LogP contribution in [0.15, 0.2) is 24.3 Å². The molecule has 0 aliphatic rings. The van der Waals surface area contributed by atoms with Crippen molar-refractivity contribution in [3.63, 3.8) is 0 Å². The van der Waals surface area contributed by atoms with Crippen LogP contribution < -0.4 is 4.90 Å². The first-order chi connectivity index (χ1) is 7.07. The molecule has 0 saturated heterocycles. The second kappa shape index (κ2) is 4.77. The highest BCUT2D eigenvalue weighted by atomic mass is 19.1. The summed E-state index contributed by atoms with van der Waals surface area (Å²) < 4.78 is 13.4. The molecule has 0 radical (unpaired) electrons. The van der Waals surface area contributed by atoms with Crippen molar-refractivity contribution >= 4 is 11.7 Å². The zero-order valence-electron chi connectivity index (χ0n) is 8.77. The van der Waals surface area contributed by atoms with Crippen molar-refractivity contribution in [1.29, 1.82) is 0 Å². The van der Waals surface area contributed by atoms with E-state index in [1.165, 1.54) is 11.0 Å². The van der Waals surface area contributed by atoms with Crippen LogP contribution in [-0.4, -0.2) is 24.2 Å². The van der Waals surface area contributed by atoms with Gasteiger partial charge in [-0.15, -0.1) is 0 Å². The van der Waals surface area contributed by atoms with Crippen molar-refractivity contribution in [2.45, 2.75) is 19.4 Å². The Bertz CT molecular complexity index is 354. The zero-order valence-corrected chi connectivity index (χ0v) is 8.77. The number of aliphatic carboxylic acids is 1. The predicted molar refractivity (Wildman–Crippen MR) is 56.5 cm³/mol. The third-order valence-corrected chi connectivity index (χ3v) is 2.37. The first kappa shape index (κ1) is 11.5. The lowest BCUT2D eigenvalue weighted by atomic mass is 10.1. The van der Waals surface area contributed by atoms with Gasteiger partial charge < -0.3 is 10.0 Å². The minimum Gasteiger partial charge on any atom is -0.480 e. The highest BCUT2D eigenvalue weighted by Crippen LogP contribution is 2.20. The standard InChI is InChI=1S/C11H14FNO2/c1-3-9(11(14)15)13(2)10-7-5-4-6-8(10)12/h4-7,9H,3H2,1-2H3,(H,14,15)/t9-/m1/s1. The Morgan fingerprint density at radius 1 is 1.53 bits per heavy atom. The lowest BCUT2D eigenvalue weighted by Crippen LogP contribution is -2.38. The maximum Gasteiger partial charge on any atom is 0.326 e. The van der Waals surface area contributed by atoms with E-state index in [-0.39, 0.29) is 0 Å². The molecule has 4 heteroatoms. The van der Waals surface area contributed by atoms with Gasteiger partial charge in [0.15, 0.2) is 0 Å². The normalized spacial score (nSPS) is 12.2. The molecule has 15 heavy (non-hydrogen) atoms. The number of benzene rings is 1. The largest absolute Gasteiger partial charge is 0.480 e. The molecule has 0 aliphatic carbocycles. The van der Waals surface area contributed by atoms with Crippen LogP contribution in [0.25, 0.3) is 0 Å². The molecule has 0 amide bonds. The van der Waals surface area contributed by atoms with Gasteiger partial charge in [-0.2, -0.15) is 0 Å². The average molecular weight is 211 g/mol. The lowest BCUT2D eigenvalue weighted by molar-refractivity contribution is -0.138. The Kier molecular flexibility index (Phi) is 3.66. The van der Waals surface area contributed by atoms with Gasteiger partial charge in [-0.1, -0.05) is 19.1 Å². The molecule has 0 bridgehead atoms. The van der Waals surface area contributed by atoms with Crippen molar-refractivity contribution in [1.82, 2.24) is 0 Å². The van der Waals surface area contributed by atoms with Crippen LogP contribution in [0.1, 0.15) is 13.3 Å². The Labute approximate surface area is 88.1 Å². The molecular weight excluding hydrogens is 197 g/mol. The predicted octanol–water partition coefficient (Wildman–Crippen LogP) is 2.13. The number of rotatable bonds is 4. The summed E-state index contributed by atoms with van der Waals surface area (Å²) in [6, 6.07) is 5.46. The number of halogens is 1. The maximum absolute atomic E-state index is 13.4. The molecular formula is C11H14FNO2. The fourth-order valence-electron chi connectivity index (χ4n) is 1.52. The van der Waals surface area contributed by atoms with Crippen molar-refractivity contribution < 1.29 is 14.3 Å². The molecule has 1 aromatic carbocycles. The van der Waals surface area contributed by atoms with Crippen LogP contribution in [-0.2, 0) is 4.79 Å². The van der Waals surface area contributed by atoms with Crippen LogP contribution in [0.4, 0.5) is 10.1 Å². The molecule has 1 N–H and O–H groups in total. The van der Waals surface area contributed by atoms with Gasteiger partial charge in [-0.05, 0) is 18.6 Å². The number of nitrogens with zero attached hydrogens (tertiary/aromatic N) is 1. The number of hydrogen-bond acceptors (Lipinski definition) is 2. The second-order valence-electron chi connectivity index (χ2n) is 3.32. The summed E-state index contributed by atoms with van der Waals surface area (Å²) in [5.74, 6) is -1.34. The molecule has 0 aromatic heterocycles. The van der Waals surface area contributed by atoms with Crippen molar-refractivity contribution in [3.8, 4) is 0 Å². The fraction of sp³-hybridized carbons (Fsp3) is 0.364. The molecule has 0 aliphatic heterocycles. The summed E-state index contributed by atoms with van der Waals surface area (Å²) in [5, 5.41) is 8.93. The minimum absolute atomic E-state index is 0.312. The topological polar surface area (TPSA) is 40.5 Å². The first-order valence-electron chi connectivity index (χ1n) is 4.78. The number of carbonyl (C=O) groups is 1. The van der Waals surface area contributed by atoms with E-state index in [9.17, 15) is 9.18 Å². The molecule has 0 unspecified atom stereocenters. The number of anilines is 1. The number of carboxylic acid groups (broad SMARTS) is 1. The van der Waals surface area contributed by atoms with E-state index in [2.05, 4.69) is 0 Å². The Balaban J connectivity index is 2.97. The van der Waals surface area contributed by atoms with E-state index in [0.29, 0.717) is 12.1 Å². The van der Waals surface area contributed by atoms with Gasteiger partial charge in [0.2, 0.25) is 0 Å². The summed E-state index contributed by atoms with van der Waals surface area (Å²) in [7, 11) is 1.58. The SMILES string of the molecule is CC[C@H](C(=O)O)N(C)c1ccccc1F. The number of likely N-dealkylation sites (N-methyl/N-ethyl adjacent to an activating group) is 1. The maximum atomic E-state index is 13.4. The third kappa shape index (κ3) is 2.46. The van der Waals surface area contributed by atoms with Gasteiger partial charge in [0.05, 0.1) is 5.69 Å². The van der Waals surface area contributed by atoms with Crippen LogP contribution in [0, 0.1) is 5.82 Å².